The second kappa shape index (κ2) is 8.38. The minimum absolute atomic E-state index is 0.0656. The molecule has 0 aromatic heterocycles. The van der Waals surface area contributed by atoms with Crippen molar-refractivity contribution >= 4 is 11.8 Å². The Balaban J connectivity index is 2.09. The van der Waals surface area contributed by atoms with Crippen molar-refractivity contribution in [3.05, 3.63) is 12.2 Å². The van der Waals surface area contributed by atoms with Crippen LogP contribution in [-0.2, 0) is 14.3 Å². The van der Waals surface area contributed by atoms with Gasteiger partial charge in [-0.05, 0) is 19.8 Å². The van der Waals surface area contributed by atoms with Gasteiger partial charge in [-0.3, -0.25) is 9.59 Å². The second-order valence-electron chi connectivity index (χ2n) is 5.86. The molecule has 2 aliphatic rings. The van der Waals surface area contributed by atoms with E-state index in [0.717, 1.165) is 4.90 Å². The Morgan fingerprint density at radius 3 is 2.39 bits per heavy atom. The Bertz CT molecular complexity index is 451. The van der Waals surface area contributed by atoms with Gasteiger partial charge in [0.2, 0.25) is 11.8 Å². The fraction of sp³-hybridized carbons (Fsp3) is 0.750. The number of hydrogen-bond donors (Lipinski definition) is 0. The van der Waals surface area contributed by atoms with Crippen LogP contribution < -0.4 is 0 Å². The summed E-state index contributed by atoms with van der Waals surface area (Å²) in [6, 6.07) is 0. The molecule has 1 aliphatic carbocycles. The molecule has 1 aliphatic heterocycles. The molecule has 1 fully saturated rings. The summed E-state index contributed by atoms with van der Waals surface area (Å²) in [7, 11) is 0. The van der Waals surface area contributed by atoms with E-state index < -0.39 is 24.8 Å². The molecular formula is C16H24F2N2O3. The van der Waals surface area contributed by atoms with Crippen LogP contribution in [0.4, 0.5) is 8.78 Å². The van der Waals surface area contributed by atoms with Gasteiger partial charge in [-0.25, -0.2) is 8.78 Å². The number of alkyl halides is 2. The van der Waals surface area contributed by atoms with Gasteiger partial charge in [-0.15, -0.1) is 0 Å². The monoisotopic (exact) mass is 330 g/mol. The predicted molar refractivity (Wildman–Crippen MR) is 81.0 cm³/mol. The molecular weight excluding hydrogens is 306 g/mol. The third kappa shape index (κ3) is 4.50. The number of amides is 2. The average molecular weight is 330 g/mol. The van der Waals surface area contributed by atoms with E-state index in [1.165, 1.54) is 0 Å². The minimum atomic E-state index is -2.56. The molecule has 1 saturated heterocycles. The number of halogens is 2. The van der Waals surface area contributed by atoms with Crippen LogP contribution >= 0.6 is 0 Å². The lowest BCUT2D eigenvalue weighted by Gasteiger charge is -2.36. The van der Waals surface area contributed by atoms with Crippen LogP contribution in [0, 0.1) is 11.8 Å². The van der Waals surface area contributed by atoms with Gasteiger partial charge in [0.05, 0.1) is 31.6 Å². The molecule has 7 heteroatoms. The van der Waals surface area contributed by atoms with Gasteiger partial charge in [-0.1, -0.05) is 12.2 Å². The number of allylic oxidation sites excluding steroid dienone is 2. The fourth-order valence-corrected chi connectivity index (χ4v) is 3.15. The van der Waals surface area contributed by atoms with Crippen LogP contribution in [0.3, 0.4) is 0 Å². The van der Waals surface area contributed by atoms with Gasteiger partial charge in [0.25, 0.3) is 6.43 Å². The van der Waals surface area contributed by atoms with E-state index in [0.29, 0.717) is 39.1 Å². The quantitative estimate of drug-likeness (QED) is 0.719. The van der Waals surface area contributed by atoms with Crippen molar-refractivity contribution in [1.29, 1.82) is 0 Å². The van der Waals surface area contributed by atoms with Crippen LogP contribution in [0.25, 0.3) is 0 Å². The van der Waals surface area contributed by atoms with Crippen LogP contribution in [0.5, 0.6) is 0 Å². The third-order valence-corrected chi connectivity index (χ3v) is 4.44. The summed E-state index contributed by atoms with van der Waals surface area (Å²) in [6.45, 7) is 3.37. The molecule has 5 nitrogen and oxygen atoms in total. The first-order valence-corrected chi connectivity index (χ1v) is 8.13. The van der Waals surface area contributed by atoms with E-state index in [-0.39, 0.29) is 18.4 Å². The molecule has 1 heterocycles. The van der Waals surface area contributed by atoms with E-state index in [4.69, 9.17) is 4.74 Å². The highest BCUT2D eigenvalue weighted by Crippen LogP contribution is 2.29. The lowest BCUT2D eigenvalue weighted by atomic mass is 9.81. The van der Waals surface area contributed by atoms with Gasteiger partial charge in [0.15, 0.2) is 0 Å². The lowest BCUT2D eigenvalue weighted by Crippen LogP contribution is -2.49. The molecule has 0 radical (unpaired) electrons. The molecule has 0 spiro atoms. The summed E-state index contributed by atoms with van der Waals surface area (Å²) in [5.41, 5.74) is 0. The van der Waals surface area contributed by atoms with Crippen molar-refractivity contribution in [3.8, 4) is 0 Å². The molecule has 0 aromatic carbocycles. The fourth-order valence-electron chi connectivity index (χ4n) is 3.15. The summed E-state index contributed by atoms with van der Waals surface area (Å²) in [5.74, 6) is -1.42. The van der Waals surface area contributed by atoms with Crippen LogP contribution in [0.1, 0.15) is 19.8 Å². The van der Waals surface area contributed by atoms with Gasteiger partial charge in [0.1, 0.15) is 0 Å². The summed E-state index contributed by atoms with van der Waals surface area (Å²) in [6.07, 6.45) is 2.11. The number of nitrogens with zero attached hydrogens (tertiary/aromatic N) is 2. The second-order valence-corrected chi connectivity index (χ2v) is 5.86. The zero-order chi connectivity index (χ0) is 16.8. The first-order chi connectivity index (χ1) is 11.0. The standard InChI is InChI=1S/C16H24F2N2O3/c1-2-19(11-14(17)18)15(21)12-5-3-4-6-13(12)16(22)20-7-9-23-10-8-20/h3-4,12-14H,2,5-11H2,1H3. The highest BCUT2D eigenvalue weighted by atomic mass is 19.3. The van der Waals surface area contributed by atoms with Crippen LogP contribution in [0.15, 0.2) is 12.2 Å². The smallest absolute Gasteiger partial charge is 0.255 e. The maximum Gasteiger partial charge on any atom is 0.255 e. The topological polar surface area (TPSA) is 49.9 Å². The zero-order valence-corrected chi connectivity index (χ0v) is 13.4. The Labute approximate surface area is 135 Å². The normalized spacial score (nSPS) is 24.8. The van der Waals surface area contributed by atoms with E-state index in [1.807, 2.05) is 12.2 Å². The van der Waals surface area contributed by atoms with Crippen molar-refractivity contribution in [3.63, 3.8) is 0 Å². The largest absolute Gasteiger partial charge is 0.378 e. The van der Waals surface area contributed by atoms with E-state index in [1.54, 1.807) is 11.8 Å². The molecule has 2 unspecified atom stereocenters. The molecule has 130 valence electrons. The third-order valence-electron chi connectivity index (χ3n) is 4.44. The molecule has 2 atom stereocenters. The summed E-state index contributed by atoms with van der Waals surface area (Å²) < 4.78 is 30.5. The van der Waals surface area contributed by atoms with Crippen molar-refractivity contribution in [1.82, 2.24) is 9.80 Å². The molecule has 0 aromatic rings. The molecule has 0 bridgehead atoms. The zero-order valence-electron chi connectivity index (χ0n) is 13.4. The maximum atomic E-state index is 12.7. The van der Waals surface area contributed by atoms with Crippen molar-refractivity contribution < 1.29 is 23.1 Å². The summed E-state index contributed by atoms with van der Waals surface area (Å²) in [5, 5.41) is 0. The lowest BCUT2D eigenvalue weighted by molar-refractivity contribution is -0.149. The maximum absolute atomic E-state index is 12.7. The van der Waals surface area contributed by atoms with Gasteiger partial charge in [0, 0.05) is 19.6 Å². The number of ether oxygens (including phenoxy) is 1. The molecule has 0 saturated carbocycles. The minimum Gasteiger partial charge on any atom is -0.378 e. The van der Waals surface area contributed by atoms with Crippen molar-refractivity contribution in [2.24, 2.45) is 11.8 Å². The number of morpholine rings is 1. The van der Waals surface area contributed by atoms with Crippen molar-refractivity contribution in [2.75, 3.05) is 39.4 Å². The van der Waals surface area contributed by atoms with Crippen LogP contribution in [0.2, 0.25) is 0 Å². The van der Waals surface area contributed by atoms with Crippen molar-refractivity contribution in [2.45, 2.75) is 26.2 Å². The van der Waals surface area contributed by atoms with E-state index in [9.17, 15) is 18.4 Å². The highest BCUT2D eigenvalue weighted by molar-refractivity contribution is 5.88. The Morgan fingerprint density at radius 2 is 1.83 bits per heavy atom. The molecule has 2 amide bonds. The van der Waals surface area contributed by atoms with Gasteiger partial charge < -0.3 is 14.5 Å². The highest BCUT2D eigenvalue weighted by Gasteiger charge is 2.38. The van der Waals surface area contributed by atoms with Crippen LogP contribution in [-0.4, -0.2) is 67.4 Å². The SMILES string of the molecule is CCN(CC(F)F)C(=O)C1CC=CCC1C(=O)N1CCOCC1. The first kappa shape index (κ1) is 17.8. The van der Waals surface area contributed by atoms with E-state index >= 15 is 0 Å². The Kier molecular flexibility index (Phi) is 6.50. The Hall–Kier alpha value is -1.50. The summed E-state index contributed by atoms with van der Waals surface area (Å²) >= 11 is 0. The average Bonchev–Trinajstić information content (AvgIpc) is 2.59. The number of carbonyl (C=O) groups is 2. The molecule has 2 rings (SSSR count). The van der Waals surface area contributed by atoms with Gasteiger partial charge in [-0.2, -0.15) is 0 Å². The number of rotatable bonds is 5. The molecule has 0 N–H and O–H groups in total. The molecule has 23 heavy (non-hydrogen) atoms. The van der Waals surface area contributed by atoms with E-state index in [2.05, 4.69) is 0 Å². The number of hydrogen-bond acceptors (Lipinski definition) is 3. The Morgan fingerprint density at radius 1 is 1.22 bits per heavy atom. The first-order valence-electron chi connectivity index (χ1n) is 8.13. The van der Waals surface area contributed by atoms with Gasteiger partial charge >= 0.3 is 0 Å². The predicted octanol–water partition coefficient (Wildman–Crippen LogP) is 1.54. The summed E-state index contributed by atoms with van der Waals surface area (Å²) in [4.78, 5) is 28.2. The number of carbonyl (C=O) groups excluding carboxylic acids is 2.